The van der Waals surface area contributed by atoms with Crippen LogP contribution in [0.3, 0.4) is 0 Å². The minimum Gasteiger partial charge on any atom is -0.475 e. The predicted octanol–water partition coefficient (Wildman–Crippen LogP) is 4.21. The zero-order valence-electron chi connectivity index (χ0n) is 17.3. The highest BCUT2D eigenvalue weighted by Crippen LogP contribution is 2.29. The third kappa shape index (κ3) is 5.01. The lowest BCUT2D eigenvalue weighted by Gasteiger charge is -2.10. The van der Waals surface area contributed by atoms with Crippen LogP contribution in [0.1, 0.15) is 24.1 Å². The van der Waals surface area contributed by atoms with Crippen LogP contribution in [0.2, 0.25) is 0 Å². The van der Waals surface area contributed by atoms with Gasteiger partial charge in [-0.25, -0.2) is 13.8 Å². The van der Waals surface area contributed by atoms with E-state index in [0.29, 0.717) is 11.3 Å². The number of anilines is 1. The minimum absolute atomic E-state index is 0.0768. The number of nitrogens with one attached hydrogen (secondary N) is 1. The standard InChI is InChI=1S/C23H18F2N2O5S/c1-14(28)26-16-7-11-18(12-8-16)33(29,30)32-17-9-5-15(6-10-17)21-13-31-23(27-21)22-19(24)3-2-4-20(22)25/h2-12,21H,13H2,1H3,(H,26,28). The molecule has 3 aromatic carbocycles. The average Bonchev–Trinajstić information content (AvgIpc) is 3.23. The van der Waals surface area contributed by atoms with Gasteiger partial charge in [0.15, 0.2) is 0 Å². The molecule has 0 aliphatic carbocycles. The SMILES string of the molecule is CC(=O)Nc1ccc(S(=O)(=O)Oc2ccc(C3COC(c4c(F)cccc4F)=N3)cc2)cc1. The van der Waals surface area contributed by atoms with Crippen molar-refractivity contribution in [3.8, 4) is 5.75 Å². The summed E-state index contributed by atoms with van der Waals surface area (Å²) in [6.45, 7) is 1.43. The summed E-state index contributed by atoms with van der Waals surface area (Å²) < 4.78 is 63.5. The lowest BCUT2D eigenvalue weighted by atomic mass is 10.1. The Kier molecular flexibility index (Phi) is 6.10. The van der Waals surface area contributed by atoms with E-state index >= 15 is 0 Å². The summed E-state index contributed by atoms with van der Waals surface area (Å²) in [6, 6.07) is 14.7. The van der Waals surface area contributed by atoms with Crippen LogP contribution in [0, 0.1) is 11.6 Å². The molecule has 1 unspecified atom stereocenters. The fourth-order valence-corrected chi connectivity index (χ4v) is 4.14. The van der Waals surface area contributed by atoms with Crippen LogP contribution in [-0.4, -0.2) is 26.8 Å². The van der Waals surface area contributed by atoms with E-state index in [1.807, 2.05) is 0 Å². The Morgan fingerprint density at radius 2 is 1.67 bits per heavy atom. The molecule has 0 spiro atoms. The highest BCUT2D eigenvalue weighted by Gasteiger charge is 2.26. The van der Waals surface area contributed by atoms with Gasteiger partial charge in [-0.15, -0.1) is 0 Å². The lowest BCUT2D eigenvalue weighted by Crippen LogP contribution is -2.10. The highest BCUT2D eigenvalue weighted by molar-refractivity contribution is 7.87. The Morgan fingerprint density at radius 1 is 1.03 bits per heavy atom. The van der Waals surface area contributed by atoms with Crippen LogP contribution in [-0.2, 0) is 19.6 Å². The second-order valence-corrected chi connectivity index (χ2v) is 8.72. The van der Waals surface area contributed by atoms with Crippen LogP contribution in [0.4, 0.5) is 14.5 Å². The Morgan fingerprint density at radius 3 is 2.27 bits per heavy atom. The summed E-state index contributed by atoms with van der Waals surface area (Å²) in [5.74, 6) is -1.86. The number of ether oxygens (including phenoxy) is 1. The number of rotatable bonds is 6. The van der Waals surface area contributed by atoms with Crippen molar-refractivity contribution in [2.45, 2.75) is 17.9 Å². The molecular formula is C23H18F2N2O5S. The highest BCUT2D eigenvalue weighted by atomic mass is 32.2. The van der Waals surface area contributed by atoms with Gasteiger partial charge in [0.2, 0.25) is 11.8 Å². The normalized spacial score (nSPS) is 15.5. The summed E-state index contributed by atoms with van der Waals surface area (Å²) in [5.41, 5.74) is 0.793. The first-order valence-corrected chi connectivity index (χ1v) is 11.2. The van der Waals surface area contributed by atoms with E-state index in [-0.39, 0.29) is 34.6 Å². The van der Waals surface area contributed by atoms with Gasteiger partial charge in [0.1, 0.15) is 40.5 Å². The van der Waals surface area contributed by atoms with Gasteiger partial charge in [-0.2, -0.15) is 8.42 Å². The number of hydrogen-bond acceptors (Lipinski definition) is 6. The molecule has 1 N–H and O–H groups in total. The minimum atomic E-state index is -4.09. The summed E-state index contributed by atoms with van der Waals surface area (Å²) in [4.78, 5) is 15.3. The number of carbonyl (C=O) groups is 1. The predicted molar refractivity (Wildman–Crippen MR) is 117 cm³/mol. The van der Waals surface area contributed by atoms with Gasteiger partial charge in [0, 0.05) is 12.6 Å². The molecule has 170 valence electrons. The molecule has 0 saturated heterocycles. The lowest BCUT2D eigenvalue weighted by molar-refractivity contribution is -0.114. The van der Waals surface area contributed by atoms with Crippen LogP contribution in [0.25, 0.3) is 0 Å². The van der Waals surface area contributed by atoms with Crippen LogP contribution < -0.4 is 9.50 Å². The molecule has 0 saturated carbocycles. The van der Waals surface area contributed by atoms with E-state index in [1.165, 1.54) is 49.4 Å². The molecule has 3 aromatic rings. The second kappa shape index (κ2) is 8.99. The van der Waals surface area contributed by atoms with Crippen molar-refractivity contribution in [3.05, 3.63) is 89.5 Å². The first-order chi connectivity index (χ1) is 15.7. The smallest absolute Gasteiger partial charge is 0.339 e. The molecule has 0 fully saturated rings. The third-order valence-electron chi connectivity index (χ3n) is 4.76. The van der Waals surface area contributed by atoms with Gasteiger partial charge in [-0.3, -0.25) is 4.79 Å². The van der Waals surface area contributed by atoms with E-state index < -0.39 is 27.8 Å². The fraction of sp³-hybridized carbons (Fsp3) is 0.130. The monoisotopic (exact) mass is 472 g/mol. The van der Waals surface area contributed by atoms with Crippen LogP contribution in [0.15, 0.2) is 76.6 Å². The number of amides is 1. The van der Waals surface area contributed by atoms with Crippen molar-refractivity contribution in [1.82, 2.24) is 0 Å². The third-order valence-corrected chi connectivity index (χ3v) is 6.02. The molecule has 4 rings (SSSR count). The number of aliphatic imine (C=N–C) groups is 1. The van der Waals surface area contributed by atoms with Crippen molar-refractivity contribution in [1.29, 1.82) is 0 Å². The Labute approximate surface area is 188 Å². The van der Waals surface area contributed by atoms with Crippen molar-refractivity contribution in [2.75, 3.05) is 11.9 Å². The van der Waals surface area contributed by atoms with Gasteiger partial charge in [-0.05, 0) is 54.1 Å². The number of carbonyl (C=O) groups excluding carboxylic acids is 1. The fourth-order valence-electron chi connectivity index (χ4n) is 3.21. The molecular weight excluding hydrogens is 454 g/mol. The van der Waals surface area contributed by atoms with E-state index in [1.54, 1.807) is 12.1 Å². The van der Waals surface area contributed by atoms with E-state index in [9.17, 15) is 22.0 Å². The van der Waals surface area contributed by atoms with Crippen molar-refractivity contribution < 1.29 is 30.9 Å². The van der Waals surface area contributed by atoms with Crippen molar-refractivity contribution in [2.24, 2.45) is 4.99 Å². The van der Waals surface area contributed by atoms with Crippen molar-refractivity contribution >= 4 is 27.6 Å². The molecule has 1 aliphatic heterocycles. The van der Waals surface area contributed by atoms with E-state index in [2.05, 4.69) is 10.3 Å². The Bertz CT molecular complexity index is 1300. The van der Waals surface area contributed by atoms with Crippen LogP contribution in [0.5, 0.6) is 5.75 Å². The number of nitrogens with zero attached hydrogens (tertiary/aromatic N) is 1. The molecule has 7 nitrogen and oxygen atoms in total. The first-order valence-electron chi connectivity index (χ1n) is 9.80. The maximum atomic E-state index is 14.0. The maximum Gasteiger partial charge on any atom is 0.339 e. The molecule has 1 aliphatic rings. The Balaban J connectivity index is 1.47. The molecule has 10 heteroatoms. The van der Waals surface area contributed by atoms with Crippen molar-refractivity contribution in [3.63, 3.8) is 0 Å². The number of hydrogen-bond donors (Lipinski definition) is 1. The second-order valence-electron chi connectivity index (χ2n) is 7.17. The first kappa shape index (κ1) is 22.4. The molecule has 0 bridgehead atoms. The zero-order chi connectivity index (χ0) is 23.6. The van der Waals surface area contributed by atoms with Gasteiger partial charge in [-0.1, -0.05) is 18.2 Å². The van der Waals surface area contributed by atoms with Gasteiger partial charge in [0.25, 0.3) is 0 Å². The number of halogens is 2. The molecule has 0 radical (unpaired) electrons. The summed E-state index contributed by atoms with van der Waals surface area (Å²) in [6.07, 6.45) is 0. The number of benzene rings is 3. The average molecular weight is 472 g/mol. The quantitative estimate of drug-likeness (QED) is 0.543. The van der Waals surface area contributed by atoms with Crippen LogP contribution >= 0.6 is 0 Å². The topological polar surface area (TPSA) is 94.1 Å². The zero-order valence-corrected chi connectivity index (χ0v) is 18.1. The van der Waals surface area contributed by atoms with Gasteiger partial charge < -0.3 is 14.2 Å². The maximum absolute atomic E-state index is 14.0. The molecule has 1 heterocycles. The Hall–Kier alpha value is -3.79. The summed E-state index contributed by atoms with van der Waals surface area (Å²) in [7, 11) is -4.09. The van der Waals surface area contributed by atoms with E-state index in [0.717, 1.165) is 12.1 Å². The molecule has 1 atom stereocenters. The molecule has 33 heavy (non-hydrogen) atoms. The van der Waals surface area contributed by atoms with E-state index in [4.69, 9.17) is 8.92 Å². The largest absolute Gasteiger partial charge is 0.475 e. The summed E-state index contributed by atoms with van der Waals surface area (Å²) in [5, 5.41) is 2.55. The molecule has 0 aromatic heterocycles. The molecule has 1 amide bonds. The van der Waals surface area contributed by atoms with Gasteiger partial charge >= 0.3 is 10.1 Å². The van der Waals surface area contributed by atoms with Gasteiger partial charge in [0.05, 0.1) is 0 Å². The summed E-state index contributed by atoms with van der Waals surface area (Å²) >= 11 is 0.